The number of β-amino-alcohol motifs (C(OH)–C–C–N with tert-alkyl or cyclic N) is 1. The standard InChI is InChI=1S/C18H26BrN3O5S/c1-12(18(20)25)4-9-17(24)21-15-3-2-10-22(11-16(15)23)28(26,27)14-7-5-13(19)6-8-14/h5-8,12,15-16,23H,2-4,9-11H2,1H3,(H2,20,25)(H,21,24)/t12?,15?,16-/m0/s1. The van der Waals surface area contributed by atoms with Crippen molar-refractivity contribution in [2.45, 2.75) is 49.6 Å². The number of hydrogen-bond donors (Lipinski definition) is 3. The first-order valence-corrected chi connectivity index (χ1v) is 11.4. The highest BCUT2D eigenvalue weighted by Gasteiger charge is 2.33. The maximum absolute atomic E-state index is 12.8. The van der Waals surface area contributed by atoms with E-state index in [0.717, 1.165) is 4.47 Å². The number of nitrogens with one attached hydrogen (secondary N) is 1. The van der Waals surface area contributed by atoms with Gasteiger partial charge in [-0.1, -0.05) is 22.9 Å². The zero-order valence-corrected chi connectivity index (χ0v) is 18.1. The van der Waals surface area contributed by atoms with E-state index in [0.29, 0.717) is 19.3 Å². The summed E-state index contributed by atoms with van der Waals surface area (Å²) < 4.78 is 27.7. The van der Waals surface area contributed by atoms with Crippen LogP contribution in [0.3, 0.4) is 0 Å². The summed E-state index contributed by atoms with van der Waals surface area (Å²) in [6, 6.07) is 5.78. The Kier molecular flexibility index (Phi) is 7.99. The monoisotopic (exact) mass is 475 g/mol. The topological polar surface area (TPSA) is 130 Å². The second-order valence-electron chi connectivity index (χ2n) is 7.04. The minimum Gasteiger partial charge on any atom is -0.390 e. The van der Waals surface area contributed by atoms with Crippen LogP contribution in [0.2, 0.25) is 0 Å². The summed E-state index contributed by atoms with van der Waals surface area (Å²) in [7, 11) is -3.73. The molecule has 156 valence electrons. The molecule has 0 radical (unpaired) electrons. The van der Waals surface area contributed by atoms with Crippen LogP contribution in [-0.2, 0) is 19.6 Å². The van der Waals surface area contributed by atoms with Crippen LogP contribution in [0.25, 0.3) is 0 Å². The number of rotatable bonds is 7. The van der Waals surface area contributed by atoms with E-state index in [9.17, 15) is 23.1 Å². The largest absolute Gasteiger partial charge is 0.390 e. The van der Waals surface area contributed by atoms with Crippen molar-refractivity contribution in [3.05, 3.63) is 28.7 Å². The third-order valence-electron chi connectivity index (χ3n) is 4.87. The molecule has 1 heterocycles. The molecular weight excluding hydrogens is 450 g/mol. The number of benzene rings is 1. The second-order valence-corrected chi connectivity index (χ2v) is 9.90. The van der Waals surface area contributed by atoms with Crippen LogP contribution in [0, 0.1) is 5.92 Å². The second kappa shape index (κ2) is 9.82. The van der Waals surface area contributed by atoms with Gasteiger partial charge in [-0.2, -0.15) is 4.31 Å². The van der Waals surface area contributed by atoms with Gasteiger partial charge in [-0.05, 0) is 43.5 Å². The van der Waals surface area contributed by atoms with E-state index in [2.05, 4.69) is 21.2 Å². The fourth-order valence-corrected chi connectivity index (χ4v) is 4.78. The Hall–Kier alpha value is -1.49. The summed E-state index contributed by atoms with van der Waals surface area (Å²) in [5.74, 6) is -1.16. The van der Waals surface area contributed by atoms with Gasteiger partial charge in [0, 0.05) is 29.9 Å². The molecule has 1 fully saturated rings. The molecule has 28 heavy (non-hydrogen) atoms. The lowest BCUT2D eigenvalue weighted by Gasteiger charge is -2.25. The molecule has 1 saturated heterocycles. The van der Waals surface area contributed by atoms with Crippen molar-refractivity contribution < 1.29 is 23.1 Å². The Labute approximate surface area is 173 Å². The number of carbonyl (C=O) groups is 2. The van der Waals surface area contributed by atoms with Gasteiger partial charge in [0.15, 0.2) is 0 Å². The fraction of sp³-hybridized carbons (Fsp3) is 0.556. The van der Waals surface area contributed by atoms with Crippen molar-refractivity contribution in [2.24, 2.45) is 11.7 Å². The lowest BCUT2D eigenvalue weighted by Crippen LogP contribution is -2.47. The molecule has 1 aromatic rings. The first kappa shape index (κ1) is 22.8. The first-order chi connectivity index (χ1) is 13.1. The average molecular weight is 476 g/mol. The molecular formula is C18H26BrN3O5S. The SMILES string of the molecule is CC(CCC(=O)NC1CCCN(S(=O)(=O)c2ccc(Br)cc2)C[C@@H]1O)C(N)=O. The number of primary amides is 1. The summed E-state index contributed by atoms with van der Waals surface area (Å²) in [4.78, 5) is 23.3. The number of carbonyl (C=O) groups excluding carboxylic acids is 2. The third-order valence-corrected chi connectivity index (χ3v) is 7.27. The normalized spacial score (nSPS) is 22.2. The van der Waals surface area contributed by atoms with Crippen molar-refractivity contribution in [1.82, 2.24) is 9.62 Å². The zero-order chi connectivity index (χ0) is 20.9. The molecule has 1 aliphatic rings. The molecule has 3 atom stereocenters. The zero-order valence-electron chi connectivity index (χ0n) is 15.7. The molecule has 2 rings (SSSR count). The highest BCUT2D eigenvalue weighted by Crippen LogP contribution is 2.22. The van der Waals surface area contributed by atoms with Gasteiger partial charge in [0.1, 0.15) is 0 Å². The van der Waals surface area contributed by atoms with E-state index in [-0.39, 0.29) is 30.3 Å². The van der Waals surface area contributed by atoms with Crippen molar-refractivity contribution >= 4 is 37.8 Å². The van der Waals surface area contributed by atoms with Crippen LogP contribution in [0.4, 0.5) is 0 Å². The van der Waals surface area contributed by atoms with Gasteiger partial charge in [0.25, 0.3) is 0 Å². The van der Waals surface area contributed by atoms with Crippen molar-refractivity contribution in [3.63, 3.8) is 0 Å². The number of hydrogen-bond acceptors (Lipinski definition) is 5. The van der Waals surface area contributed by atoms with Crippen LogP contribution in [0.15, 0.2) is 33.6 Å². The molecule has 2 unspecified atom stereocenters. The van der Waals surface area contributed by atoms with Crippen LogP contribution >= 0.6 is 15.9 Å². The van der Waals surface area contributed by atoms with Gasteiger partial charge >= 0.3 is 0 Å². The first-order valence-electron chi connectivity index (χ1n) is 9.13. The lowest BCUT2D eigenvalue weighted by atomic mass is 10.0. The molecule has 0 aliphatic carbocycles. The molecule has 0 bridgehead atoms. The van der Waals surface area contributed by atoms with Crippen LogP contribution in [-0.4, -0.2) is 54.9 Å². The number of nitrogens with two attached hydrogens (primary N) is 1. The summed E-state index contributed by atoms with van der Waals surface area (Å²) >= 11 is 3.28. The molecule has 1 aliphatic heterocycles. The van der Waals surface area contributed by atoms with Crippen molar-refractivity contribution in [3.8, 4) is 0 Å². The summed E-state index contributed by atoms with van der Waals surface area (Å²) in [6.45, 7) is 1.82. The quantitative estimate of drug-likeness (QED) is 0.540. The Morgan fingerprint density at radius 1 is 1.36 bits per heavy atom. The highest BCUT2D eigenvalue weighted by molar-refractivity contribution is 9.10. The average Bonchev–Trinajstić information content (AvgIpc) is 2.82. The Balaban J connectivity index is 1.98. The number of aliphatic hydroxyl groups is 1. The van der Waals surface area contributed by atoms with Gasteiger partial charge in [0.2, 0.25) is 21.8 Å². The van der Waals surface area contributed by atoms with E-state index in [4.69, 9.17) is 5.73 Å². The third kappa shape index (κ3) is 6.00. The molecule has 0 aromatic heterocycles. The van der Waals surface area contributed by atoms with Gasteiger partial charge in [-0.15, -0.1) is 0 Å². The van der Waals surface area contributed by atoms with Crippen LogP contribution in [0.1, 0.15) is 32.6 Å². The smallest absolute Gasteiger partial charge is 0.243 e. The summed E-state index contributed by atoms with van der Waals surface area (Å²) in [5, 5.41) is 13.2. The Morgan fingerprint density at radius 2 is 2.00 bits per heavy atom. The molecule has 10 heteroatoms. The molecule has 0 spiro atoms. The van der Waals surface area contributed by atoms with Crippen molar-refractivity contribution in [1.29, 1.82) is 0 Å². The maximum atomic E-state index is 12.8. The predicted molar refractivity (Wildman–Crippen MR) is 108 cm³/mol. The van der Waals surface area contributed by atoms with E-state index < -0.39 is 34.0 Å². The Bertz CT molecular complexity index is 800. The van der Waals surface area contributed by atoms with E-state index in [1.165, 1.54) is 16.4 Å². The summed E-state index contributed by atoms with van der Waals surface area (Å²) in [6.07, 6.45) is 0.396. The molecule has 2 amide bonds. The fourth-order valence-electron chi connectivity index (χ4n) is 3.02. The van der Waals surface area contributed by atoms with Gasteiger partial charge in [0.05, 0.1) is 17.0 Å². The summed E-state index contributed by atoms with van der Waals surface area (Å²) in [5.41, 5.74) is 5.19. The number of aliphatic hydroxyl groups excluding tert-OH is 1. The van der Waals surface area contributed by atoms with Crippen molar-refractivity contribution in [2.75, 3.05) is 13.1 Å². The lowest BCUT2D eigenvalue weighted by molar-refractivity contribution is -0.124. The molecule has 0 saturated carbocycles. The van der Waals surface area contributed by atoms with Crippen LogP contribution in [0.5, 0.6) is 0 Å². The minimum absolute atomic E-state index is 0.0962. The number of amides is 2. The van der Waals surface area contributed by atoms with Crippen LogP contribution < -0.4 is 11.1 Å². The number of sulfonamides is 1. The Morgan fingerprint density at radius 3 is 2.61 bits per heavy atom. The molecule has 4 N–H and O–H groups in total. The number of nitrogens with zero attached hydrogens (tertiary/aromatic N) is 1. The minimum atomic E-state index is -3.73. The van der Waals surface area contributed by atoms with Gasteiger partial charge < -0.3 is 16.2 Å². The predicted octanol–water partition coefficient (Wildman–Crippen LogP) is 0.981. The van der Waals surface area contributed by atoms with E-state index in [1.54, 1.807) is 19.1 Å². The molecule has 1 aromatic carbocycles. The number of halogens is 1. The maximum Gasteiger partial charge on any atom is 0.243 e. The van der Waals surface area contributed by atoms with Gasteiger partial charge in [-0.3, -0.25) is 9.59 Å². The highest BCUT2D eigenvalue weighted by atomic mass is 79.9. The van der Waals surface area contributed by atoms with E-state index >= 15 is 0 Å². The molecule has 8 nitrogen and oxygen atoms in total. The van der Waals surface area contributed by atoms with Gasteiger partial charge in [-0.25, -0.2) is 8.42 Å². The van der Waals surface area contributed by atoms with E-state index in [1.807, 2.05) is 0 Å².